The van der Waals surface area contributed by atoms with E-state index < -0.39 is 11.4 Å². The number of alkyl halides is 3. The van der Waals surface area contributed by atoms with Crippen LogP contribution >= 0.6 is 11.8 Å². The summed E-state index contributed by atoms with van der Waals surface area (Å²) >= 11 is -0.213. The van der Waals surface area contributed by atoms with Crippen LogP contribution in [-0.4, -0.2) is 21.2 Å². The summed E-state index contributed by atoms with van der Waals surface area (Å²) in [5, 5.41) is 7.30. The highest BCUT2D eigenvalue weighted by Gasteiger charge is 2.29. The van der Waals surface area contributed by atoms with Gasteiger partial charge in [0.1, 0.15) is 0 Å². The zero-order valence-electron chi connectivity index (χ0n) is 15.5. The third-order valence-electron chi connectivity index (χ3n) is 4.16. The number of carbonyl (C=O) groups excluding carboxylic acids is 1. The van der Waals surface area contributed by atoms with Crippen molar-refractivity contribution in [2.45, 2.75) is 31.2 Å². The van der Waals surface area contributed by atoms with E-state index in [1.807, 2.05) is 38.1 Å². The topological polar surface area (TPSA) is 46.9 Å². The van der Waals surface area contributed by atoms with Crippen molar-refractivity contribution in [3.8, 4) is 5.69 Å². The van der Waals surface area contributed by atoms with Crippen LogP contribution in [0.25, 0.3) is 5.69 Å². The highest BCUT2D eigenvalue weighted by Crippen LogP contribution is 2.36. The van der Waals surface area contributed by atoms with Gasteiger partial charge in [0.25, 0.3) is 5.91 Å². The molecule has 0 bridgehead atoms. The molecule has 3 rings (SSSR count). The number of rotatable bonds is 4. The predicted molar refractivity (Wildman–Crippen MR) is 104 cm³/mol. The first kappa shape index (κ1) is 20.0. The Morgan fingerprint density at radius 1 is 1.00 bits per heavy atom. The van der Waals surface area contributed by atoms with Crippen LogP contribution in [0.1, 0.15) is 27.3 Å². The van der Waals surface area contributed by atoms with E-state index in [1.165, 1.54) is 24.3 Å². The van der Waals surface area contributed by atoms with Crippen molar-refractivity contribution in [2.24, 2.45) is 0 Å². The first-order chi connectivity index (χ1) is 13.1. The summed E-state index contributed by atoms with van der Waals surface area (Å²) in [5.74, 6) is -0.404. The number of hydrogen-bond donors (Lipinski definition) is 1. The van der Waals surface area contributed by atoms with Gasteiger partial charge in [-0.2, -0.15) is 18.3 Å². The zero-order valence-corrected chi connectivity index (χ0v) is 16.3. The number of aryl methyl sites for hydroxylation is 2. The first-order valence-corrected chi connectivity index (χ1v) is 9.26. The molecular weight excluding hydrogens is 387 g/mol. The molecule has 2 aromatic carbocycles. The minimum Gasteiger partial charge on any atom is -0.319 e. The molecule has 8 heteroatoms. The summed E-state index contributed by atoms with van der Waals surface area (Å²) in [4.78, 5) is 12.6. The second-order valence-electron chi connectivity index (χ2n) is 6.32. The summed E-state index contributed by atoms with van der Waals surface area (Å²) < 4.78 is 39.0. The molecule has 0 saturated carbocycles. The van der Waals surface area contributed by atoms with Gasteiger partial charge in [0, 0.05) is 10.5 Å². The van der Waals surface area contributed by atoms with Gasteiger partial charge in [-0.1, -0.05) is 17.7 Å². The van der Waals surface area contributed by atoms with Crippen molar-refractivity contribution >= 4 is 23.4 Å². The molecular formula is C20H18F3N3OS. The third-order valence-corrected chi connectivity index (χ3v) is 4.90. The molecule has 0 spiro atoms. The van der Waals surface area contributed by atoms with Crippen LogP contribution in [0.4, 0.5) is 18.9 Å². The molecule has 28 heavy (non-hydrogen) atoms. The zero-order chi connectivity index (χ0) is 20.5. The second kappa shape index (κ2) is 7.71. The van der Waals surface area contributed by atoms with Crippen LogP contribution in [0.15, 0.2) is 53.4 Å². The Bertz CT molecular complexity index is 993. The third kappa shape index (κ3) is 4.56. The fourth-order valence-corrected chi connectivity index (χ4v) is 3.29. The van der Waals surface area contributed by atoms with Crippen molar-refractivity contribution in [2.75, 3.05) is 5.32 Å². The molecule has 0 fully saturated rings. The molecule has 0 unspecified atom stereocenters. The van der Waals surface area contributed by atoms with Crippen LogP contribution in [0.2, 0.25) is 0 Å². The smallest absolute Gasteiger partial charge is 0.319 e. The lowest BCUT2D eigenvalue weighted by molar-refractivity contribution is -0.0328. The van der Waals surface area contributed by atoms with Crippen molar-refractivity contribution in [3.05, 3.63) is 71.0 Å². The normalized spacial score (nSPS) is 11.5. The van der Waals surface area contributed by atoms with Gasteiger partial charge in [-0.15, -0.1) is 0 Å². The van der Waals surface area contributed by atoms with Crippen molar-refractivity contribution in [1.82, 2.24) is 9.78 Å². The van der Waals surface area contributed by atoms with Gasteiger partial charge in [-0.25, -0.2) is 4.68 Å². The average molecular weight is 405 g/mol. The molecule has 0 radical (unpaired) electrons. The van der Waals surface area contributed by atoms with E-state index in [0.29, 0.717) is 11.4 Å². The Morgan fingerprint density at radius 3 is 2.18 bits per heavy atom. The largest absolute Gasteiger partial charge is 0.446 e. The van der Waals surface area contributed by atoms with E-state index in [1.54, 1.807) is 11.6 Å². The minimum atomic E-state index is -4.36. The van der Waals surface area contributed by atoms with Crippen LogP contribution in [0.5, 0.6) is 0 Å². The van der Waals surface area contributed by atoms with Crippen LogP contribution in [-0.2, 0) is 0 Å². The van der Waals surface area contributed by atoms with E-state index >= 15 is 0 Å². The number of thioether (sulfide) groups is 1. The van der Waals surface area contributed by atoms with Gasteiger partial charge in [0.15, 0.2) is 0 Å². The molecule has 0 aliphatic rings. The number of anilines is 1. The number of hydrogen-bond acceptors (Lipinski definition) is 3. The Morgan fingerprint density at radius 2 is 1.61 bits per heavy atom. The number of amides is 1. The van der Waals surface area contributed by atoms with Gasteiger partial charge in [0.05, 0.1) is 22.8 Å². The standard InChI is InChI=1S/C20H18F3N3OS/c1-12-4-8-16(9-5-12)26-14(3)18(13(2)25-26)24-19(27)15-6-10-17(11-7-15)28-20(21,22)23/h4-11H,1-3H3,(H,24,27). The molecule has 0 atom stereocenters. The lowest BCUT2D eigenvalue weighted by Gasteiger charge is -2.09. The number of nitrogens with zero attached hydrogens (tertiary/aromatic N) is 2. The summed E-state index contributed by atoms with van der Waals surface area (Å²) in [6.45, 7) is 5.63. The number of aromatic nitrogens is 2. The summed E-state index contributed by atoms with van der Waals surface area (Å²) in [5.41, 5.74) is -0.0868. The number of carbonyl (C=O) groups is 1. The SMILES string of the molecule is Cc1ccc(-n2nc(C)c(NC(=O)c3ccc(SC(F)(F)F)cc3)c2C)cc1. The fraction of sp³-hybridized carbons (Fsp3) is 0.200. The van der Waals surface area contributed by atoms with E-state index in [9.17, 15) is 18.0 Å². The summed E-state index contributed by atoms with van der Waals surface area (Å²) in [7, 11) is 0. The maximum Gasteiger partial charge on any atom is 0.446 e. The van der Waals surface area contributed by atoms with Crippen molar-refractivity contribution in [1.29, 1.82) is 0 Å². The molecule has 0 saturated heterocycles. The van der Waals surface area contributed by atoms with E-state index in [2.05, 4.69) is 10.4 Å². The van der Waals surface area contributed by atoms with Crippen molar-refractivity contribution in [3.63, 3.8) is 0 Å². The maximum absolute atomic E-state index is 12.5. The Kier molecular flexibility index (Phi) is 5.51. The number of halogens is 3. The molecule has 1 aromatic heterocycles. The van der Waals surface area contributed by atoms with Gasteiger partial charge in [-0.05, 0) is 68.9 Å². The molecule has 1 N–H and O–H groups in total. The summed E-state index contributed by atoms with van der Waals surface area (Å²) in [6.07, 6.45) is 0. The molecule has 1 amide bonds. The van der Waals surface area contributed by atoms with E-state index in [0.717, 1.165) is 16.9 Å². The van der Waals surface area contributed by atoms with Crippen molar-refractivity contribution < 1.29 is 18.0 Å². The van der Waals surface area contributed by atoms with Crippen LogP contribution in [0.3, 0.4) is 0 Å². The Labute approximate surface area is 164 Å². The van der Waals surface area contributed by atoms with Crippen LogP contribution in [0, 0.1) is 20.8 Å². The highest BCUT2D eigenvalue weighted by atomic mass is 32.2. The molecule has 1 heterocycles. The minimum absolute atomic E-state index is 0.0311. The highest BCUT2D eigenvalue weighted by molar-refractivity contribution is 8.00. The Balaban J connectivity index is 1.80. The summed E-state index contributed by atoms with van der Waals surface area (Å²) in [6, 6.07) is 13.1. The van der Waals surface area contributed by atoms with Gasteiger partial charge in [0.2, 0.25) is 0 Å². The van der Waals surface area contributed by atoms with Gasteiger partial charge < -0.3 is 5.32 Å². The monoisotopic (exact) mass is 405 g/mol. The maximum atomic E-state index is 12.5. The molecule has 0 aliphatic heterocycles. The van der Waals surface area contributed by atoms with Crippen LogP contribution < -0.4 is 5.32 Å². The molecule has 0 aliphatic carbocycles. The fourth-order valence-electron chi connectivity index (χ4n) is 2.75. The second-order valence-corrected chi connectivity index (χ2v) is 7.46. The van der Waals surface area contributed by atoms with E-state index in [-0.39, 0.29) is 22.2 Å². The van der Waals surface area contributed by atoms with E-state index in [4.69, 9.17) is 0 Å². The first-order valence-electron chi connectivity index (χ1n) is 8.44. The average Bonchev–Trinajstić information content (AvgIpc) is 2.90. The lowest BCUT2D eigenvalue weighted by Crippen LogP contribution is -2.13. The van der Waals surface area contributed by atoms with Gasteiger partial charge >= 0.3 is 5.51 Å². The molecule has 146 valence electrons. The molecule has 3 aromatic rings. The molecule has 4 nitrogen and oxygen atoms in total. The van der Waals surface area contributed by atoms with Gasteiger partial charge in [-0.3, -0.25) is 4.79 Å². The number of nitrogens with one attached hydrogen (secondary N) is 1. The quantitative estimate of drug-likeness (QED) is 0.570. The Hall–Kier alpha value is -2.74. The predicted octanol–water partition coefficient (Wildman–Crippen LogP) is 5.66. The number of benzene rings is 2. The lowest BCUT2D eigenvalue weighted by atomic mass is 10.2.